The molecule has 0 bridgehead atoms. The summed E-state index contributed by atoms with van der Waals surface area (Å²) in [7, 11) is 0. The van der Waals surface area contributed by atoms with Crippen LogP contribution in [0.1, 0.15) is 15.9 Å². The molecular weight excluding hydrogens is 276 g/mol. The Morgan fingerprint density at radius 3 is 2.15 bits per heavy atom. The molecule has 6 heteroatoms. The molecule has 0 amide bonds. The van der Waals surface area contributed by atoms with Crippen molar-refractivity contribution in [3.63, 3.8) is 0 Å². The summed E-state index contributed by atoms with van der Waals surface area (Å²) in [6.07, 6.45) is 0. The van der Waals surface area contributed by atoms with Gasteiger partial charge in [-0.3, -0.25) is 0 Å². The summed E-state index contributed by atoms with van der Waals surface area (Å²) < 4.78 is 56.9. The number of benzene rings is 2. The lowest BCUT2D eigenvalue weighted by Gasteiger charge is -2.07. The number of aryl methyl sites for hydroxylation is 1. The van der Waals surface area contributed by atoms with E-state index >= 15 is 0 Å². The molecule has 20 heavy (non-hydrogen) atoms. The van der Waals surface area contributed by atoms with Gasteiger partial charge in [-0.25, -0.2) is 22.4 Å². The third-order valence-corrected chi connectivity index (χ3v) is 2.55. The number of hydrogen-bond acceptors (Lipinski definition) is 2. The first-order valence-corrected chi connectivity index (χ1v) is 5.52. The van der Waals surface area contributed by atoms with Crippen LogP contribution < -0.4 is 4.74 Å². The highest BCUT2D eigenvalue weighted by molar-refractivity contribution is 5.91. The van der Waals surface area contributed by atoms with Crippen molar-refractivity contribution in [3.05, 3.63) is 64.7 Å². The third kappa shape index (κ3) is 2.64. The van der Waals surface area contributed by atoms with Gasteiger partial charge in [-0.2, -0.15) is 0 Å². The van der Waals surface area contributed by atoms with Crippen LogP contribution in [-0.2, 0) is 0 Å². The Kier molecular flexibility index (Phi) is 3.74. The highest BCUT2D eigenvalue weighted by atomic mass is 19.2. The second-order valence-electron chi connectivity index (χ2n) is 4.05. The zero-order valence-corrected chi connectivity index (χ0v) is 10.2. The maximum atomic E-state index is 13.4. The molecule has 0 heterocycles. The minimum Gasteiger partial charge on any atom is -0.423 e. The Morgan fingerprint density at radius 1 is 0.950 bits per heavy atom. The summed E-state index contributed by atoms with van der Waals surface area (Å²) in [4.78, 5) is 11.6. The van der Waals surface area contributed by atoms with Crippen LogP contribution >= 0.6 is 0 Å². The molecule has 2 aromatic carbocycles. The van der Waals surface area contributed by atoms with Crippen LogP contribution in [-0.4, -0.2) is 5.97 Å². The molecule has 0 aromatic heterocycles. The van der Waals surface area contributed by atoms with Gasteiger partial charge in [0, 0.05) is 0 Å². The van der Waals surface area contributed by atoms with Crippen molar-refractivity contribution < 1.29 is 27.1 Å². The second-order valence-corrected chi connectivity index (χ2v) is 4.05. The van der Waals surface area contributed by atoms with Crippen LogP contribution in [0.3, 0.4) is 0 Å². The van der Waals surface area contributed by atoms with Gasteiger partial charge in [-0.05, 0) is 25.1 Å². The number of rotatable bonds is 2. The predicted octanol–water partition coefficient (Wildman–Crippen LogP) is 3.77. The molecule has 0 fully saturated rings. The van der Waals surface area contributed by atoms with E-state index in [1.807, 2.05) is 0 Å². The van der Waals surface area contributed by atoms with E-state index in [-0.39, 0.29) is 11.8 Å². The van der Waals surface area contributed by atoms with E-state index in [1.165, 1.54) is 12.1 Å². The van der Waals surface area contributed by atoms with Gasteiger partial charge in [-0.15, -0.1) is 0 Å². The monoisotopic (exact) mass is 284 g/mol. The Morgan fingerprint density at radius 2 is 1.55 bits per heavy atom. The molecule has 0 atom stereocenters. The maximum Gasteiger partial charge on any atom is 0.346 e. The number of hydrogen-bond donors (Lipinski definition) is 0. The molecule has 0 aliphatic rings. The topological polar surface area (TPSA) is 26.3 Å². The quantitative estimate of drug-likeness (QED) is 0.276. The molecule has 2 aromatic rings. The highest BCUT2D eigenvalue weighted by Crippen LogP contribution is 2.21. The fourth-order valence-corrected chi connectivity index (χ4v) is 1.49. The Labute approximate surface area is 111 Å². The molecular formula is C14H8F4O2. The van der Waals surface area contributed by atoms with Crippen LogP contribution in [0.2, 0.25) is 0 Å². The highest BCUT2D eigenvalue weighted by Gasteiger charge is 2.24. The van der Waals surface area contributed by atoms with Gasteiger partial charge in [0.05, 0.1) is 0 Å². The van der Waals surface area contributed by atoms with Crippen LogP contribution in [0.4, 0.5) is 17.6 Å². The normalized spacial score (nSPS) is 10.4. The molecule has 2 nitrogen and oxygen atoms in total. The molecule has 0 radical (unpaired) electrons. The smallest absolute Gasteiger partial charge is 0.346 e. The minimum absolute atomic E-state index is 0.0742. The van der Waals surface area contributed by atoms with Crippen LogP contribution in [0.5, 0.6) is 5.75 Å². The fraction of sp³-hybridized carbons (Fsp3) is 0.0714. The maximum absolute atomic E-state index is 13.4. The summed E-state index contributed by atoms with van der Waals surface area (Å²) in [5, 5.41) is 0. The van der Waals surface area contributed by atoms with Crippen LogP contribution in [0.25, 0.3) is 0 Å². The lowest BCUT2D eigenvalue weighted by Crippen LogP contribution is -2.13. The third-order valence-electron chi connectivity index (χ3n) is 2.55. The van der Waals surface area contributed by atoms with Crippen molar-refractivity contribution in [2.45, 2.75) is 6.92 Å². The van der Waals surface area contributed by atoms with E-state index in [0.717, 1.165) is 5.56 Å². The van der Waals surface area contributed by atoms with Crippen molar-refractivity contribution >= 4 is 5.97 Å². The minimum atomic E-state index is -2.05. The van der Waals surface area contributed by atoms with Crippen LogP contribution in [0, 0.1) is 30.2 Å². The molecule has 0 saturated heterocycles. The zero-order chi connectivity index (χ0) is 14.9. The van der Waals surface area contributed by atoms with Crippen molar-refractivity contribution in [1.82, 2.24) is 0 Å². The van der Waals surface area contributed by atoms with E-state index in [9.17, 15) is 22.4 Å². The average molecular weight is 284 g/mol. The van der Waals surface area contributed by atoms with E-state index in [1.54, 1.807) is 19.1 Å². The predicted molar refractivity (Wildman–Crippen MR) is 62.4 cm³/mol. The Hall–Kier alpha value is -2.37. The molecule has 104 valence electrons. The van der Waals surface area contributed by atoms with E-state index in [4.69, 9.17) is 4.74 Å². The SMILES string of the molecule is Cc1ccc(OC(=O)c2cc(F)c(F)c(F)c2F)cc1. The number of carbonyl (C=O) groups excluding carboxylic acids is 1. The molecule has 0 N–H and O–H groups in total. The van der Waals surface area contributed by atoms with E-state index in [2.05, 4.69) is 0 Å². The number of esters is 1. The lowest BCUT2D eigenvalue weighted by atomic mass is 10.2. The first kappa shape index (κ1) is 14.0. The average Bonchev–Trinajstić information content (AvgIpc) is 2.43. The number of halogens is 4. The molecule has 0 spiro atoms. The molecule has 0 aliphatic carbocycles. The first-order valence-electron chi connectivity index (χ1n) is 5.52. The lowest BCUT2D eigenvalue weighted by molar-refractivity contribution is 0.0727. The van der Waals surface area contributed by atoms with Crippen molar-refractivity contribution in [2.75, 3.05) is 0 Å². The van der Waals surface area contributed by atoms with Crippen molar-refractivity contribution in [1.29, 1.82) is 0 Å². The fourth-order valence-electron chi connectivity index (χ4n) is 1.49. The summed E-state index contributed by atoms with van der Waals surface area (Å²) in [5.41, 5.74) is -0.114. The first-order chi connectivity index (χ1) is 9.40. The van der Waals surface area contributed by atoms with E-state index in [0.29, 0.717) is 0 Å². The van der Waals surface area contributed by atoms with Gasteiger partial charge in [0.15, 0.2) is 23.3 Å². The van der Waals surface area contributed by atoms with Gasteiger partial charge in [0.2, 0.25) is 0 Å². The summed E-state index contributed by atoms with van der Waals surface area (Å²) in [6, 6.07) is 6.38. The zero-order valence-electron chi connectivity index (χ0n) is 10.2. The van der Waals surface area contributed by atoms with Gasteiger partial charge in [-0.1, -0.05) is 17.7 Å². The summed E-state index contributed by atoms with van der Waals surface area (Å²) in [6.45, 7) is 1.80. The van der Waals surface area contributed by atoms with Crippen molar-refractivity contribution in [3.8, 4) is 5.75 Å². The van der Waals surface area contributed by atoms with Crippen LogP contribution in [0.15, 0.2) is 30.3 Å². The van der Waals surface area contributed by atoms with Gasteiger partial charge in [0.25, 0.3) is 0 Å². The molecule has 0 aliphatic heterocycles. The molecule has 0 saturated carbocycles. The van der Waals surface area contributed by atoms with Crippen molar-refractivity contribution in [2.24, 2.45) is 0 Å². The molecule has 2 rings (SSSR count). The van der Waals surface area contributed by atoms with Gasteiger partial charge in [0.1, 0.15) is 11.3 Å². The molecule has 0 unspecified atom stereocenters. The Balaban J connectivity index is 2.32. The second kappa shape index (κ2) is 5.32. The largest absolute Gasteiger partial charge is 0.423 e. The van der Waals surface area contributed by atoms with Gasteiger partial charge >= 0.3 is 5.97 Å². The summed E-state index contributed by atoms with van der Waals surface area (Å²) >= 11 is 0. The summed E-state index contributed by atoms with van der Waals surface area (Å²) in [5.74, 6) is -8.73. The number of ether oxygens (including phenoxy) is 1. The standard InChI is InChI=1S/C14H8F4O2/c1-7-2-4-8(5-3-7)20-14(19)9-6-10(15)12(17)13(18)11(9)16/h2-6H,1H3. The van der Waals surface area contributed by atoms with Gasteiger partial charge < -0.3 is 4.74 Å². The Bertz CT molecular complexity index is 666. The number of carbonyl (C=O) groups is 1. The van der Waals surface area contributed by atoms with E-state index < -0.39 is 34.8 Å².